The number of hydrogen-bond donors (Lipinski definition) is 1. The van der Waals surface area contributed by atoms with Crippen LogP contribution < -0.4 is 10.1 Å². The molecule has 1 saturated heterocycles. The molecule has 0 spiro atoms. The largest absolute Gasteiger partial charge is 0.495 e. The van der Waals surface area contributed by atoms with E-state index in [1.54, 1.807) is 25.3 Å². The van der Waals surface area contributed by atoms with Gasteiger partial charge in [-0.3, -0.25) is 4.79 Å². The number of carbonyl (C=O) groups excluding carboxylic acids is 1. The van der Waals surface area contributed by atoms with Gasteiger partial charge in [-0.05, 0) is 37.5 Å². The average molecular weight is 347 g/mol. The van der Waals surface area contributed by atoms with Gasteiger partial charge in [0.2, 0.25) is 0 Å². The van der Waals surface area contributed by atoms with Gasteiger partial charge in [0.25, 0.3) is 5.91 Å². The second-order valence-corrected chi connectivity index (χ2v) is 6.02. The highest BCUT2D eigenvalue weighted by Crippen LogP contribution is 2.28. The Labute approximate surface area is 145 Å². The summed E-state index contributed by atoms with van der Waals surface area (Å²) in [6.45, 7) is 1.58. The fourth-order valence-corrected chi connectivity index (χ4v) is 2.95. The molecule has 24 heavy (non-hydrogen) atoms. The number of hydrogen-bond acceptors (Lipinski definition) is 5. The molecule has 1 aliphatic heterocycles. The first kappa shape index (κ1) is 16.5. The van der Waals surface area contributed by atoms with E-state index in [0.29, 0.717) is 22.3 Å². The number of amides is 1. The molecule has 1 aliphatic rings. The monoisotopic (exact) mass is 346 g/mol. The third-order valence-electron chi connectivity index (χ3n) is 3.95. The van der Waals surface area contributed by atoms with Crippen molar-refractivity contribution in [1.29, 1.82) is 0 Å². The molecule has 2 aromatic rings. The summed E-state index contributed by atoms with van der Waals surface area (Å²) in [5, 5.41) is 3.63. The van der Waals surface area contributed by atoms with Crippen molar-refractivity contribution in [2.75, 3.05) is 25.5 Å². The van der Waals surface area contributed by atoms with Gasteiger partial charge in [0, 0.05) is 24.8 Å². The van der Waals surface area contributed by atoms with Crippen LogP contribution in [0.2, 0.25) is 5.02 Å². The third kappa shape index (κ3) is 3.76. The van der Waals surface area contributed by atoms with Gasteiger partial charge in [0.1, 0.15) is 23.6 Å². The molecule has 3 rings (SSSR count). The van der Waals surface area contributed by atoms with Crippen LogP contribution in [0.15, 0.2) is 30.6 Å². The summed E-state index contributed by atoms with van der Waals surface area (Å²) in [6, 6.07) is 7.01. The molecule has 1 fully saturated rings. The Morgan fingerprint density at radius 3 is 2.71 bits per heavy atom. The van der Waals surface area contributed by atoms with Crippen molar-refractivity contribution in [1.82, 2.24) is 14.9 Å². The highest BCUT2D eigenvalue weighted by atomic mass is 35.5. The number of nitrogens with zero attached hydrogens (tertiary/aromatic N) is 3. The smallest absolute Gasteiger partial charge is 0.272 e. The predicted molar refractivity (Wildman–Crippen MR) is 93.1 cm³/mol. The molecule has 1 N–H and O–H groups in total. The highest BCUT2D eigenvalue weighted by molar-refractivity contribution is 6.32. The number of nitrogens with one attached hydrogen (secondary N) is 1. The number of piperidine rings is 1. The summed E-state index contributed by atoms with van der Waals surface area (Å²) in [5.41, 5.74) is 1.16. The third-order valence-corrected chi connectivity index (χ3v) is 4.25. The van der Waals surface area contributed by atoms with Crippen LogP contribution in [0.25, 0.3) is 0 Å². The molecule has 1 aromatic carbocycles. The minimum atomic E-state index is -0.0482. The Balaban J connectivity index is 1.75. The molecular weight excluding hydrogens is 328 g/mol. The van der Waals surface area contributed by atoms with Crippen molar-refractivity contribution in [3.05, 3.63) is 41.3 Å². The molecule has 1 amide bonds. The van der Waals surface area contributed by atoms with E-state index in [1.807, 2.05) is 11.0 Å². The van der Waals surface area contributed by atoms with Crippen molar-refractivity contribution in [2.45, 2.75) is 19.3 Å². The topological polar surface area (TPSA) is 67.3 Å². The van der Waals surface area contributed by atoms with E-state index in [-0.39, 0.29) is 5.91 Å². The van der Waals surface area contributed by atoms with Gasteiger partial charge in [-0.1, -0.05) is 11.6 Å². The quantitative estimate of drug-likeness (QED) is 0.917. The number of carbonyl (C=O) groups is 1. The molecule has 0 radical (unpaired) electrons. The fourth-order valence-electron chi connectivity index (χ4n) is 2.69. The Morgan fingerprint density at radius 1 is 1.21 bits per heavy atom. The lowest BCUT2D eigenvalue weighted by atomic mass is 10.1. The Bertz CT molecular complexity index is 732. The van der Waals surface area contributed by atoms with Crippen LogP contribution in [0.1, 0.15) is 29.8 Å². The maximum Gasteiger partial charge on any atom is 0.272 e. The van der Waals surface area contributed by atoms with Gasteiger partial charge in [0.05, 0.1) is 12.1 Å². The van der Waals surface area contributed by atoms with Crippen LogP contribution in [0.4, 0.5) is 11.5 Å². The van der Waals surface area contributed by atoms with Crippen LogP contribution in [0.5, 0.6) is 5.75 Å². The van der Waals surface area contributed by atoms with Gasteiger partial charge in [-0.15, -0.1) is 0 Å². The number of benzene rings is 1. The zero-order chi connectivity index (χ0) is 16.9. The minimum absolute atomic E-state index is 0.0482. The van der Waals surface area contributed by atoms with Gasteiger partial charge >= 0.3 is 0 Å². The van der Waals surface area contributed by atoms with Crippen LogP contribution in [0, 0.1) is 0 Å². The van der Waals surface area contributed by atoms with E-state index in [0.717, 1.165) is 31.6 Å². The zero-order valence-electron chi connectivity index (χ0n) is 13.5. The van der Waals surface area contributed by atoms with E-state index in [1.165, 1.54) is 12.7 Å². The summed E-state index contributed by atoms with van der Waals surface area (Å²) in [4.78, 5) is 22.6. The molecule has 0 aliphatic carbocycles. The van der Waals surface area contributed by atoms with Crippen LogP contribution in [-0.4, -0.2) is 41.0 Å². The lowest BCUT2D eigenvalue weighted by molar-refractivity contribution is 0.0718. The lowest BCUT2D eigenvalue weighted by Crippen LogP contribution is -2.36. The molecule has 0 unspecified atom stereocenters. The van der Waals surface area contributed by atoms with Gasteiger partial charge in [0.15, 0.2) is 0 Å². The second-order valence-electron chi connectivity index (χ2n) is 5.62. The molecule has 0 atom stereocenters. The Morgan fingerprint density at radius 2 is 2.00 bits per heavy atom. The Hall–Kier alpha value is -2.34. The number of methoxy groups -OCH3 is 1. The average Bonchev–Trinajstić information content (AvgIpc) is 2.62. The summed E-state index contributed by atoms with van der Waals surface area (Å²) in [7, 11) is 1.57. The summed E-state index contributed by atoms with van der Waals surface area (Å²) >= 11 is 6.12. The minimum Gasteiger partial charge on any atom is -0.495 e. The number of halogens is 1. The fraction of sp³-hybridized carbons (Fsp3) is 0.353. The lowest BCUT2D eigenvalue weighted by Gasteiger charge is -2.26. The molecule has 1 aromatic heterocycles. The molecule has 2 heterocycles. The number of likely N-dealkylation sites (tertiary alicyclic amines) is 1. The van der Waals surface area contributed by atoms with Crippen molar-refractivity contribution < 1.29 is 9.53 Å². The maximum atomic E-state index is 12.5. The standard InChI is InChI=1S/C17H19ClN4O2/c1-24-15-6-5-12(9-13(15)18)21-16-10-14(19-11-20-16)17(23)22-7-3-2-4-8-22/h5-6,9-11H,2-4,7-8H2,1H3,(H,19,20,21). The number of rotatable bonds is 4. The number of anilines is 2. The first-order valence-corrected chi connectivity index (χ1v) is 8.27. The molecule has 0 saturated carbocycles. The SMILES string of the molecule is COc1ccc(Nc2cc(C(=O)N3CCCCC3)ncn2)cc1Cl. The van der Waals surface area contributed by atoms with E-state index < -0.39 is 0 Å². The first-order chi connectivity index (χ1) is 11.7. The van der Waals surface area contributed by atoms with E-state index in [9.17, 15) is 4.79 Å². The highest BCUT2D eigenvalue weighted by Gasteiger charge is 2.19. The van der Waals surface area contributed by atoms with E-state index >= 15 is 0 Å². The van der Waals surface area contributed by atoms with Gasteiger partial charge < -0.3 is 15.0 Å². The number of aromatic nitrogens is 2. The van der Waals surface area contributed by atoms with Crippen LogP contribution in [0.3, 0.4) is 0 Å². The number of ether oxygens (including phenoxy) is 1. The Kier molecular flexibility index (Phi) is 5.15. The van der Waals surface area contributed by atoms with Crippen LogP contribution >= 0.6 is 11.6 Å². The molecule has 0 bridgehead atoms. The zero-order valence-corrected chi connectivity index (χ0v) is 14.2. The molecule has 6 nitrogen and oxygen atoms in total. The van der Waals surface area contributed by atoms with Gasteiger partial charge in [-0.25, -0.2) is 9.97 Å². The summed E-state index contributed by atoms with van der Waals surface area (Å²) < 4.78 is 5.13. The van der Waals surface area contributed by atoms with Crippen molar-refractivity contribution in [2.24, 2.45) is 0 Å². The van der Waals surface area contributed by atoms with Crippen molar-refractivity contribution >= 4 is 29.0 Å². The molecule has 126 valence electrons. The summed E-state index contributed by atoms with van der Waals surface area (Å²) in [6.07, 6.45) is 4.67. The van der Waals surface area contributed by atoms with E-state index in [4.69, 9.17) is 16.3 Å². The van der Waals surface area contributed by atoms with Crippen molar-refractivity contribution in [3.63, 3.8) is 0 Å². The van der Waals surface area contributed by atoms with Crippen LogP contribution in [-0.2, 0) is 0 Å². The predicted octanol–water partition coefficient (Wildman–Crippen LogP) is 3.51. The second kappa shape index (κ2) is 7.49. The summed E-state index contributed by atoms with van der Waals surface area (Å²) in [5.74, 6) is 1.10. The molecule has 7 heteroatoms. The first-order valence-electron chi connectivity index (χ1n) is 7.89. The van der Waals surface area contributed by atoms with Crippen molar-refractivity contribution in [3.8, 4) is 5.75 Å². The molecular formula is C17H19ClN4O2. The maximum absolute atomic E-state index is 12.5. The van der Waals surface area contributed by atoms with Gasteiger partial charge in [-0.2, -0.15) is 0 Å². The van der Waals surface area contributed by atoms with E-state index in [2.05, 4.69) is 15.3 Å². The normalized spacial score (nSPS) is 14.3.